The molecule has 0 aliphatic heterocycles. The molecule has 0 bridgehead atoms. The minimum absolute atomic E-state index is 0.0496. The number of hydrogen-bond acceptors (Lipinski definition) is 2. The monoisotopic (exact) mass is 648 g/mol. The molecule has 0 saturated carbocycles. The topological polar surface area (TPSA) is 16.4 Å². The van der Waals surface area contributed by atoms with Crippen LogP contribution in [0.3, 0.4) is 0 Å². The third kappa shape index (κ3) is 4.65. The van der Waals surface area contributed by atoms with E-state index in [2.05, 4.69) is 0 Å². The minimum atomic E-state index is -0.636. The Hall–Kier alpha value is -6.64. The highest BCUT2D eigenvalue weighted by atomic mass is 16.3. The Bertz CT molecular complexity index is 3470. The first-order valence-electron chi connectivity index (χ1n) is 21.7. The number of nitrogens with zero attached hydrogens (tertiary/aromatic N) is 1. The van der Waals surface area contributed by atoms with Gasteiger partial charge in [-0.05, 0) is 92.3 Å². The van der Waals surface area contributed by atoms with Crippen molar-refractivity contribution in [2.24, 2.45) is 0 Å². The van der Waals surface area contributed by atoms with Crippen molar-refractivity contribution in [1.82, 2.24) is 0 Å². The maximum absolute atomic E-state index is 9.51. The second kappa shape index (κ2) is 11.5. The average molecular weight is 649 g/mol. The zero-order valence-corrected chi connectivity index (χ0v) is 26.4. The number of anilines is 3. The second-order valence-corrected chi connectivity index (χ2v) is 12.1. The highest BCUT2D eigenvalue weighted by Gasteiger charge is 2.18. The molecule has 9 aromatic carbocycles. The Morgan fingerprint density at radius 1 is 0.440 bits per heavy atom. The van der Waals surface area contributed by atoms with Gasteiger partial charge in [-0.3, -0.25) is 0 Å². The summed E-state index contributed by atoms with van der Waals surface area (Å²) in [5, 5.41) is 5.02. The molecule has 10 aromatic rings. The normalized spacial score (nSPS) is 14.7. The van der Waals surface area contributed by atoms with Gasteiger partial charge in [-0.1, -0.05) is 139 Å². The van der Waals surface area contributed by atoms with E-state index in [-0.39, 0.29) is 45.5 Å². The molecule has 2 nitrogen and oxygen atoms in total. The van der Waals surface area contributed by atoms with Crippen LogP contribution in [-0.4, -0.2) is 0 Å². The Labute approximate surface area is 305 Å². The number of hydrogen-bond donors (Lipinski definition) is 0. The fourth-order valence-corrected chi connectivity index (χ4v) is 6.83. The van der Waals surface area contributed by atoms with Gasteiger partial charge in [0.1, 0.15) is 11.2 Å². The van der Waals surface area contributed by atoms with Gasteiger partial charge < -0.3 is 9.32 Å². The molecule has 0 unspecified atom stereocenters. The molecule has 0 amide bonds. The van der Waals surface area contributed by atoms with Gasteiger partial charge in [0.05, 0.1) is 20.8 Å². The van der Waals surface area contributed by atoms with E-state index in [1.165, 1.54) is 4.90 Å². The lowest BCUT2D eigenvalue weighted by Gasteiger charge is -2.27. The van der Waals surface area contributed by atoms with Crippen LogP contribution in [0.2, 0.25) is 0 Å². The van der Waals surface area contributed by atoms with Gasteiger partial charge in [0.15, 0.2) is 0 Å². The van der Waals surface area contributed by atoms with E-state index in [1.54, 1.807) is 36.4 Å². The van der Waals surface area contributed by atoms with Crippen LogP contribution in [-0.2, 0) is 0 Å². The van der Waals surface area contributed by atoms with Crippen LogP contribution < -0.4 is 4.90 Å². The zero-order valence-electron chi connectivity index (χ0n) is 37.4. The van der Waals surface area contributed by atoms with Crippen molar-refractivity contribution in [2.45, 2.75) is 0 Å². The molecule has 1 heterocycles. The highest BCUT2D eigenvalue weighted by Crippen LogP contribution is 2.43. The van der Waals surface area contributed by atoms with Crippen LogP contribution in [0.15, 0.2) is 192 Å². The summed E-state index contributed by atoms with van der Waals surface area (Å²) in [5.41, 5.74) is 3.18. The Morgan fingerprint density at radius 2 is 1.18 bits per heavy atom. The summed E-state index contributed by atoms with van der Waals surface area (Å²) < 4.78 is 106. The third-order valence-corrected chi connectivity index (χ3v) is 9.21. The lowest BCUT2D eigenvalue weighted by Crippen LogP contribution is -2.10. The first-order chi connectivity index (χ1) is 29.4. The maximum atomic E-state index is 9.51. The summed E-state index contributed by atoms with van der Waals surface area (Å²) in [4.78, 5) is 1.26. The number of benzene rings is 9. The number of furan rings is 1. The van der Waals surface area contributed by atoms with E-state index in [9.17, 15) is 6.85 Å². The fraction of sp³-hybridized carbons (Fsp3) is 0. The van der Waals surface area contributed by atoms with Crippen LogP contribution in [0, 0.1) is 0 Å². The molecule has 0 saturated heterocycles. The molecule has 0 N–H and O–H groups in total. The summed E-state index contributed by atoms with van der Waals surface area (Å²) in [6.45, 7) is 0. The predicted molar refractivity (Wildman–Crippen MR) is 212 cm³/mol. The lowest BCUT2D eigenvalue weighted by atomic mass is 9.97. The van der Waals surface area contributed by atoms with Crippen LogP contribution in [0.4, 0.5) is 17.1 Å². The van der Waals surface area contributed by atoms with Gasteiger partial charge in [0.2, 0.25) is 0 Å². The van der Waals surface area contributed by atoms with Gasteiger partial charge in [0.25, 0.3) is 0 Å². The lowest BCUT2D eigenvalue weighted by molar-refractivity contribution is 0.673. The van der Waals surface area contributed by atoms with Crippen molar-refractivity contribution in [1.29, 1.82) is 0 Å². The molecular weight excluding hydrogens is 607 g/mol. The summed E-state index contributed by atoms with van der Waals surface area (Å²) in [6.07, 6.45) is 0. The smallest absolute Gasteiger partial charge is 0.143 e. The second-order valence-electron chi connectivity index (χ2n) is 12.1. The molecule has 0 fully saturated rings. The molecule has 0 radical (unpaired) electrons. The summed E-state index contributed by atoms with van der Waals surface area (Å²) in [7, 11) is 0. The average Bonchev–Trinajstić information content (AvgIpc) is 3.68. The van der Waals surface area contributed by atoms with Crippen molar-refractivity contribution < 1.29 is 19.5 Å². The van der Waals surface area contributed by atoms with E-state index < -0.39 is 54.4 Å². The van der Waals surface area contributed by atoms with Gasteiger partial charge in [-0.2, -0.15) is 0 Å². The molecule has 10 rings (SSSR count). The largest absolute Gasteiger partial charge is 0.455 e. The number of rotatable bonds is 5. The van der Waals surface area contributed by atoms with Gasteiger partial charge in [-0.25, -0.2) is 0 Å². The van der Waals surface area contributed by atoms with Crippen molar-refractivity contribution in [2.75, 3.05) is 4.90 Å². The number of fused-ring (bicyclic) bond motifs is 7. The molecule has 0 atom stereocenters. The van der Waals surface area contributed by atoms with E-state index >= 15 is 0 Å². The molecule has 0 aliphatic carbocycles. The predicted octanol–water partition coefficient (Wildman–Crippen LogP) is 13.8. The van der Waals surface area contributed by atoms with Gasteiger partial charge >= 0.3 is 0 Å². The SMILES string of the molecule is [2H]c1c([2H])c(N(c2ccc(-c3cccc4oc5c6ccccc6ccc5c34)cc2)c2c([2H])c([2H])c([2H])c3c([2H])c([2H])c([2H])c([2H])c23)c([2H])c([2H])c1-c1ccc2ccccc2c1. The Balaban J connectivity index is 1.24. The quantitative estimate of drug-likeness (QED) is 0.185. The Kier molecular flexibility index (Phi) is 4.46. The molecule has 0 aliphatic rings. The first kappa shape index (κ1) is 19.4. The fourth-order valence-electron chi connectivity index (χ4n) is 6.83. The van der Waals surface area contributed by atoms with Crippen molar-refractivity contribution in [3.05, 3.63) is 188 Å². The van der Waals surface area contributed by atoms with E-state index in [0.29, 0.717) is 11.1 Å². The third-order valence-electron chi connectivity index (χ3n) is 9.21. The molecule has 50 heavy (non-hydrogen) atoms. The Morgan fingerprint density at radius 3 is 2.06 bits per heavy atom. The highest BCUT2D eigenvalue weighted by molar-refractivity contribution is 6.19. The van der Waals surface area contributed by atoms with Gasteiger partial charge in [-0.15, -0.1) is 0 Å². The maximum Gasteiger partial charge on any atom is 0.143 e. The van der Waals surface area contributed by atoms with Crippen molar-refractivity contribution >= 4 is 71.3 Å². The molecular formula is C48H31NO. The summed E-state index contributed by atoms with van der Waals surface area (Å²) >= 11 is 0. The van der Waals surface area contributed by atoms with Gasteiger partial charge in [0, 0.05) is 32.9 Å². The standard InChI is InChI=1S/C48H31NO/c1-2-12-37-31-38(20-19-32(37)9-1)33-21-26-39(27-22-33)49(45-17-7-13-34-10-3-5-14-41(34)45)40-28-23-36(24-29-40)42-16-8-18-46-47(42)44-30-25-35-11-4-6-15-43(35)48(44)50-46/h1-31H/i3D,5D,7D,10D,13D,14D,17D,21D,22D,26D,27D. The van der Waals surface area contributed by atoms with Crippen LogP contribution in [0.1, 0.15) is 15.1 Å². The van der Waals surface area contributed by atoms with Crippen molar-refractivity contribution in [3.8, 4) is 22.3 Å². The van der Waals surface area contributed by atoms with E-state index in [0.717, 1.165) is 49.0 Å². The molecule has 2 heteroatoms. The van der Waals surface area contributed by atoms with E-state index in [1.807, 2.05) is 84.9 Å². The molecule has 1 aromatic heterocycles. The molecule has 234 valence electrons. The zero-order chi connectivity index (χ0) is 42.6. The van der Waals surface area contributed by atoms with Crippen molar-refractivity contribution in [3.63, 3.8) is 0 Å². The van der Waals surface area contributed by atoms with E-state index in [4.69, 9.17) is 12.6 Å². The molecule has 0 spiro atoms. The first-order valence-corrected chi connectivity index (χ1v) is 16.2. The minimum Gasteiger partial charge on any atom is -0.455 e. The van der Waals surface area contributed by atoms with Crippen LogP contribution in [0.5, 0.6) is 0 Å². The van der Waals surface area contributed by atoms with Crippen LogP contribution >= 0.6 is 0 Å². The summed E-state index contributed by atoms with van der Waals surface area (Å²) in [6, 6.07) is 31.8. The summed E-state index contributed by atoms with van der Waals surface area (Å²) in [5.74, 6) is 0. The van der Waals surface area contributed by atoms with Crippen LogP contribution in [0.25, 0.3) is 76.5 Å².